The van der Waals surface area contributed by atoms with E-state index in [2.05, 4.69) is 67.8 Å². The Bertz CT molecular complexity index is 1270. The third-order valence-electron chi connectivity index (χ3n) is 15.6. The Labute approximate surface area is 474 Å². The minimum absolute atomic E-state index is 0.0223. The smallest absolute Gasteiger partial charge is 0.305 e. The van der Waals surface area contributed by atoms with Crippen molar-refractivity contribution in [3.63, 3.8) is 0 Å². The Balaban J connectivity index is 3.48. The van der Waals surface area contributed by atoms with Crippen LogP contribution in [0.15, 0.2) is 48.6 Å². The number of rotatable bonds is 63. The van der Waals surface area contributed by atoms with E-state index in [1.54, 1.807) is 0 Å². The van der Waals surface area contributed by atoms with Crippen molar-refractivity contribution >= 4 is 11.9 Å². The van der Waals surface area contributed by atoms with E-state index in [4.69, 9.17) is 4.74 Å². The number of hydrogen-bond acceptors (Lipinski definition) is 5. The lowest BCUT2D eigenvalue weighted by atomic mass is 10.0. The van der Waals surface area contributed by atoms with Crippen LogP contribution >= 0.6 is 0 Å². The number of unbranched alkanes of at least 4 members (excludes halogenated alkanes) is 44. The van der Waals surface area contributed by atoms with Gasteiger partial charge in [-0.1, -0.05) is 300 Å². The highest BCUT2D eigenvalue weighted by molar-refractivity contribution is 5.76. The molecule has 0 saturated heterocycles. The molecule has 0 rings (SSSR count). The molecule has 0 radical (unpaired) electrons. The van der Waals surface area contributed by atoms with Gasteiger partial charge in [0.2, 0.25) is 5.91 Å². The number of hydrogen-bond donors (Lipinski definition) is 3. The van der Waals surface area contributed by atoms with E-state index in [0.29, 0.717) is 25.9 Å². The number of ether oxygens (including phenoxy) is 1. The molecule has 6 heteroatoms. The summed E-state index contributed by atoms with van der Waals surface area (Å²) in [7, 11) is 0. The van der Waals surface area contributed by atoms with Crippen LogP contribution in [0.3, 0.4) is 0 Å². The van der Waals surface area contributed by atoms with Crippen LogP contribution in [0.5, 0.6) is 0 Å². The zero-order valence-electron chi connectivity index (χ0n) is 51.0. The van der Waals surface area contributed by atoms with Gasteiger partial charge in [-0.2, -0.15) is 0 Å². The van der Waals surface area contributed by atoms with Crippen LogP contribution in [-0.4, -0.2) is 47.4 Å². The summed E-state index contributed by atoms with van der Waals surface area (Å²) in [4.78, 5) is 24.6. The van der Waals surface area contributed by atoms with Gasteiger partial charge in [0.15, 0.2) is 0 Å². The highest BCUT2D eigenvalue weighted by atomic mass is 16.5. The minimum atomic E-state index is -0.678. The van der Waals surface area contributed by atoms with E-state index >= 15 is 0 Å². The highest BCUT2D eigenvalue weighted by Crippen LogP contribution is 2.18. The third-order valence-corrected chi connectivity index (χ3v) is 15.6. The van der Waals surface area contributed by atoms with Crippen molar-refractivity contribution in [2.24, 2.45) is 0 Å². The molecule has 0 saturated carbocycles. The van der Waals surface area contributed by atoms with E-state index in [1.165, 1.54) is 238 Å². The van der Waals surface area contributed by atoms with Gasteiger partial charge >= 0.3 is 5.97 Å². The molecule has 0 aliphatic rings. The van der Waals surface area contributed by atoms with Gasteiger partial charge in [0.05, 0.1) is 25.4 Å². The average Bonchev–Trinajstić information content (AvgIpc) is 3.42. The van der Waals surface area contributed by atoms with E-state index in [1.807, 2.05) is 0 Å². The number of carbonyl (C=O) groups excluding carboxylic acids is 2. The predicted octanol–water partition coefficient (Wildman–Crippen LogP) is 21.7. The van der Waals surface area contributed by atoms with Gasteiger partial charge in [0, 0.05) is 12.8 Å². The fraction of sp³-hybridized carbons (Fsp3) is 0.857. The van der Waals surface area contributed by atoms with E-state index < -0.39 is 12.1 Å². The summed E-state index contributed by atoms with van der Waals surface area (Å²) in [5.74, 6) is -0.0706. The summed E-state index contributed by atoms with van der Waals surface area (Å²) in [6.45, 7) is 4.91. The van der Waals surface area contributed by atoms with Crippen LogP contribution in [-0.2, 0) is 14.3 Å². The molecule has 2 unspecified atom stereocenters. The average molecular weight is 1070 g/mol. The fourth-order valence-corrected chi connectivity index (χ4v) is 10.4. The molecule has 0 aromatic heterocycles. The molecule has 2 atom stereocenters. The molecule has 446 valence electrons. The number of carbonyl (C=O) groups is 2. The number of esters is 1. The molecular formula is C70H131NO5. The molecule has 1 amide bonds. The van der Waals surface area contributed by atoms with Gasteiger partial charge in [-0.15, -0.1) is 0 Å². The monoisotopic (exact) mass is 1070 g/mol. The second-order valence-corrected chi connectivity index (χ2v) is 23.1. The lowest BCUT2D eigenvalue weighted by Crippen LogP contribution is -2.45. The Morgan fingerprint density at radius 3 is 1.01 bits per heavy atom. The van der Waals surface area contributed by atoms with E-state index in [0.717, 1.165) is 89.9 Å². The first-order chi connectivity index (χ1) is 37.5. The molecule has 0 heterocycles. The molecular weight excluding hydrogens is 935 g/mol. The lowest BCUT2D eigenvalue weighted by Gasteiger charge is -2.22. The summed E-state index contributed by atoms with van der Waals surface area (Å²) in [6.07, 6.45) is 84.2. The van der Waals surface area contributed by atoms with Crippen molar-refractivity contribution in [2.75, 3.05) is 13.2 Å². The van der Waals surface area contributed by atoms with Crippen LogP contribution in [0.1, 0.15) is 361 Å². The van der Waals surface area contributed by atoms with Crippen molar-refractivity contribution in [1.29, 1.82) is 0 Å². The van der Waals surface area contributed by atoms with Crippen LogP contribution in [0, 0.1) is 0 Å². The summed E-state index contributed by atoms with van der Waals surface area (Å²) < 4.78 is 5.47. The molecule has 0 aromatic rings. The molecule has 0 aromatic carbocycles. The summed E-state index contributed by atoms with van der Waals surface area (Å²) in [5, 5.41) is 23.4. The summed E-state index contributed by atoms with van der Waals surface area (Å²) in [6, 6.07) is -0.557. The molecule has 0 bridgehead atoms. The van der Waals surface area contributed by atoms with Crippen molar-refractivity contribution < 1.29 is 24.5 Å². The number of amides is 1. The van der Waals surface area contributed by atoms with Crippen LogP contribution in [0.2, 0.25) is 0 Å². The highest BCUT2D eigenvalue weighted by Gasteiger charge is 2.20. The maximum absolute atomic E-state index is 12.5. The first kappa shape index (κ1) is 73.8. The third kappa shape index (κ3) is 61.0. The van der Waals surface area contributed by atoms with E-state index in [9.17, 15) is 19.8 Å². The van der Waals surface area contributed by atoms with Gasteiger partial charge in [-0.25, -0.2) is 0 Å². The first-order valence-corrected chi connectivity index (χ1v) is 33.9. The number of allylic oxidation sites excluding steroid dienone is 8. The Morgan fingerprint density at radius 2 is 0.658 bits per heavy atom. The summed E-state index contributed by atoms with van der Waals surface area (Å²) in [5.41, 5.74) is 0. The lowest BCUT2D eigenvalue weighted by molar-refractivity contribution is -0.143. The molecule has 0 aliphatic carbocycles. The maximum Gasteiger partial charge on any atom is 0.305 e. The molecule has 0 aliphatic heterocycles. The van der Waals surface area contributed by atoms with Gasteiger partial charge in [-0.05, 0) is 96.3 Å². The Kier molecular flexibility index (Phi) is 63.5. The second-order valence-electron chi connectivity index (χ2n) is 23.1. The largest absolute Gasteiger partial charge is 0.466 e. The van der Waals surface area contributed by atoms with Crippen molar-refractivity contribution in [2.45, 2.75) is 373 Å². The van der Waals surface area contributed by atoms with Gasteiger partial charge in [0.25, 0.3) is 0 Å². The second kappa shape index (κ2) is 65.3. The first-order valence-electron chi connectivity index (χ1n) is 33.9. The van der Waals surface area contributed by atoms with Crippen LogP contribution < -0.4 is 5.32 Å². The topological polar surface area (TPSA) is 95.9 Å². The quantitative estimate of drug-likeness (QED) is 0.0320. The minimum Gasteiger partial charge on any atom is -0.466 e. The van der Waals surface area contributed by atoms with Crippen molar-refractivity contribution in [3.8, 4) is 0 Å². The molecule has 6 nitrogen and oxygen atoms in total. The Hall–Kier alpha value is -2.18. The van der Waals surface area contributed by atoms with Crippen LogP contribution in [0.4, 0.5) is 0 Å². The Morgan fingerprint density at radius 1 is 0.368 bits per heavy atom. The normalized spacial score (nSPS) is 12.8. The van der Waals surface area contributed by atoms with Crippen molar-refractivity contribution in [1.82, 2.24) is 5.32 Å². The standard InChI is InChI=1S/C70H131NO5/c1-3-5-7-9-11-13-15-17-19-21-23-24-25-26-27-28-30-34-38-42-46-50-54-58-62-68(73)67(66-72)71-69(74)63-59-55-51-47-43-39-35-31-29-33-37-41-45-49-53-57-61-65-76-70(75)64-60-56-52-48-44-40-36-32-22-20-18-16-14-12-10-8-6-4-2/h14,16,20,22,29,33,41,45,67-68,72-73H,3-13,15,17-19,21,23-28,30-32,34-40,42-44,46-66H2,1-2H3,(H,71,74)/b16-14-,22-20-,33-29-,45-41-. The maximum atomic E-state index is 12.5. The van der Waals surface area contributed by atoms with Gasteiger partial charge < -0.3 is 20.3 Å². The fourth-order valence-electron chi connectivity index (χ4n) is 10.4. The SMILES string of the molecule is CCCCCC/C=C\C/C=C\CCCCCCCCCC(=O)OCCCCC/C=C\C/C=C\CCCCCCCCCC(=O)NC(CO)C(O)CCCCCCCCCCCCCCCCCCCCCCCCCC. The van der Waals surface area contributed by atoms with Gasteiger partial charge in [-0.3, -0.25) is 9.59 Å². The predicted molar refractivity (Wildman–Crippen MR) is 333 cm³/mol. The summed E-state index contributed by atoms with van der Waals surface area (Å²) >= 11 is 0. The van der Waals surface area contributed by atoms with Gasteiger partial charge in [0.1, 0.15) is 0 Å². The zero-order valence-corrected chi connectivity index (χ0v) is 51.0. The number of nitrogens with one attached hydrogen (secondary N) is 1. The zero-order chi connectivity index (χ0) is 55.0. The van der Waals surface area contributed by atoms with Crippen molar-refractivity contribution in [3.05, 3.63) is 48.6 Å². The molecule has 0 spiro atoms. The van der Waals surface area contributed by atoms with E-state index in [-0.39, 0.29) is 18.5 Å². The molecule has 3 N–H and O–H groups in total. The molecule has 0 fully saturated rings. The molecule has 76 heavy (non-hydrogen) atoms. The van der Waals surface area contributed by atoms with Crippen LogP contribution in [0.25, 0.3) is 0 Å². The number of aliphatic hydroxyl groups excluding tert-OH is 2. The number of aliphatic hydroxyl groups is 2.